The van der Waals surface area contributed by atoms with Gasteiger partial charge in [-0.15, -0.1) is 0 Å². The molecule has 0 N–H and O–H groups in total. The minimum Gasteiger partial charge on any atom is -0.376 e. The van der Waals surface area contributed by atoms with Gasteiger partial charge in [-0.05, 0) is 49.4 Å². The number of likely N-dealkylation sites (tertiary alicyclic amines) is 1. The van der Waals surface area contributed by atoms with Crippen LogP contribution in [0.4, 0.5) is 0 Å². The molecule has 29 heavy (non-hydrogen) atoms. The van der Waals surface area contributed by atoms with Gasteiger partial charge in [-0.25, -0.2) is 0 Å². The Labute approximate surface area is 172 Å². The van der Waals surface area contributed by atoms with Crippen LogP contribution in [0.2, 0.25) is 0 Å². The fraction of sp³-hybridized carbons (Fsp3) is 0.500. The van der Waals surface area contributed by atoms with Crippen molar-refractivity contribution in [2.75, 3.05) is 32.8 Å². The van der Waals surface area contributed by atoms with E-state index in [1.54, 1.807) is 0 Å². The highest BCUT2D eigenvalue weighted by Crippen LogP contribution is 2.25. The Kier molecular flexibility index (Phi) is 6.14. The third-order valence-electron chi connectivity index (χ3n) is 6.22. The van der Waals surface area contributed by atoms with Gasteiger partial charge in [-0.2, -0.15) is 0 Å². The van der Waals surface area contributed by atoms with Crippen LogP contribution in [0.15, 0.2) is 42.5 Å². The molecule has 0 saturated carbocycles. The van der Waals surface area contributed by atoms with Crippen molar-refractivity contribution < 1.29 is 14.3 Å². The summed E-state index contributed by atoms with van der Waals surface area (Å²) in [4.78, 5) is 30.2. The van der Waals surface area contributed by atoms with Crippen LogP contribution in [-0.4, -0.2) is 60.5 Å². The van der Waals surface area contributed by atoms with Gasteiger partial charge in [0.1, 0.15) is 0 Å². The topological polar surface area (TPSA) is 49.9 Å². The highest BCUT2D eigenvalue weighted by Gasteiger charge is 2.32. The molecule has 2 saturated heterocycles. The summed E-state index contributed by atoms with van der Waals surface area (Å²) in [7, 11) is 0. The summed E-state index contributed by atoms with van der Waals surface area (Å²) < 4.78 is 5.72. The number of piperidine rings is 1. The van der Waals surface area contributed by atoms with Gasteiger partial charge in [0.15, 0.2) is 0 Å². The zero-order valence-electron chi connectivity index (χ0n) is 17.2. The number of fused-ring (bicyclic) bond motifs is 1. The van der Waals surface area contributed by atoms with Gasteiger partial charge < -0.3 is 14.5 Å². The average Bonchev–Trinajstić information content (AvgIpc) is 3.29. The molecule has 2 unspecified atom stereocenters. The van der Waals surface area contributed by atoms with E-state index in [4.69, 9.17) is 4.74 Å². The lowest BCUT2D eigenvalue weighted by Crippen LogP contribution is -2.48. The lowest BCUT2D eigenvalue weighted by atomic mass is 9.95. The molecule has 0 aromatic heterocycles. The lowest BCUT2D eigenvalue weighted by Gasteiger charge is -2.35. The van der Waals surface area contributed by atoms with Gasteiger partial charge >= 0.3 is 0 Å². The highest BCUT2D eigenvalue weighted by atomic mass is 16.5. The van der Waals surface area contributed by atoms with E-state index in [1.807, 2.05) is 59.2 Å². The van der Waals surface area contributed by atoms with Gasteiger partial charge in [0.25, 0.3) is 5.91 Å². The van der Waals surface area contributed by atoms with Crippen LogP contribution in [0.1, 0.15) is 43.0 Å². The number of carbonyl (C=O) groups excluding carboxylic acids is 2. The molecule has 2 aliphatic heterocycles. The Bertz CT molecular complexity index is 870. The molecule has 2 heterocycles. The van der Waals surface area contributed by atoms with E-state index >= 15 is 0 Å². The Hall–Kier alpha value is -2.40. The summed E-state index contributed by atoms with van der Waals surface area (Å²) in [5, 5.41) is 2.04. The summed E-state index contributed by atoms with van der Waals surface area (Å²) in [6.45, 7) is 5.39. The molecule has 154 valence electrons. The molecule has 2 fully saturated rings. The normalized spacial score (nSPS) is 22.0. The minimum absolute atomic E-state index is 0.0291. The fourth-order valence-corrected chi connectivity index (χ4v) is 4.61. The molecule has 5 heteroatoms. The molecule has 0 aliphatic carbocycles. The van der Waals surface area contributed by atoms with Crippen LogP contribution in [0.5, 0.6) is 0 Å². The van der Waals surface area contributed by atoms with E-state index in [-0.39, 0.29) is 23.8 Å². The smallest absolute Gasteiger partial charge is 0.254 e. The molecule has 5 nitrogen and oxygen atoms in total. The molecule has 2 amide bonds. The van der Waals surface area contributed by atoms with Crippen LogP contribution in [0.3, 0.4) is 0 Å². The van der Waals surface area contributed by atoms with E-state index in [0.717, 1.165) is 48.6 Å². The Morgan fingerprint density at radius 1 is 1.10 bits per heavy atom. The van der Waals surface area contributed by atoms with Crippen molar-refractivity contribution in [3.05, 3.63) is 48.0 Å². The Morgan fingerprint density at radius 3 is 2.72 bits per heavy atom. The summed E-state index contributed by atoms with van der Waals surface area (Å²) in [6.07, 6.45) is 3.98. The van der Waals surface area contributed by atoms with Crippen molar-refractivity contribution in [1.82, 2.24) is 9.80 Å². The number of rotatable bonds is 5. The molecular weight excluding hydrogens is 364 g/mol. The first kappa shape index (κ1) is 19.9. The van der Waals surface area contributed by atoms with Crippen molar-refractivity contribution >= 4 is 22.6 Å². The summed E-state index contributed by atoms with van der Waals surface area (Å²) in [5.41, 5.74) is 0.725. The molecule has 0 bridgehead atoms. The first-order chi connectivity index (χ1) is 14.2. The predicted octanol–water partition coefficient (Wildman–Crippen LogP) is 3.72. The molecule has 0 radical (unpaired) electrons. The molecule has 2 aromatic carbocycles. The first-order valence-electron chi connectivity index (χ1n) is 10.8. The van der Waals surface area contributed by atoms with Crippen LogP contribution < -0.4 is 0 Å². The molecule has 4 rings (SSSR count). The second-order valence-corrected chi connectivity index (χ2v) is 8.13. The van der Waals surface area contributed by atoms with E-state index in [2.05, 4.69) is 0 Å². The summed E-state index contributed by atoms with van der Waals surface area (Å²) >= 11 is 0. The van der Waals surface area contributed by atoms with Crippen LogP contribution in [0, 0.1) is 5.92 Å². The maximum Gasteiger partial charge on any atom is 0.254 e. The van der Waals surface area contributed by atoms with E-state index in [0.29, 0.717) is 26.2 Å². The number of likely N-dealkylation sites (N-methyl/N-ethyl adjacent to an activating group) is 1. The van der Waals surface area contributed by atoms with Crippen molar-refractivity contribution in [2.45, 2.75) is 38.7 Å². The van der Waals surface area contributed by atoms with Gasteiger partial charge in [0.05, 0.1) is 12.0 Å². The molecule has 2 atom stereocenters. The number of nitrogens with zero attached hydrogens (tertiary/aromatic N) is 2. The standard InChI is InChI=1S/C24H30N2O3/c1-2-25(17-20-11-7-15-29-20)23(27)19-10-6-14-26(16-19)24(28)22-13-5-9-18-8-3-4-12-21(18)22/h3-5,8-9,12-13,19-20H,2,6-7,10-11,14-17H2,1H3. The quantitative estimate of drug-likeness (QED) is 0.777. The van der Waals surface area contributed by atoms with Crippen molar-refractivity contribution in [2.24, 2.45) is 5.92 Å². The highest BCUT2D eigenvalue weighted by molar-refractivity contribution is 6.07. The van der Waals surface area contributed by atoms with E-state index in [9.17, 15) is 9.59 Å². The lowest BCUT2D eigenvalue weighted by molar-refractivity contribution is -0.138. The van der Waals surface area contributed by atoms with Crippen molar-refractivity contribution in [3.63, 3.8) is 0 Å². The SMILES string of the molecule is CCN(CC1CCCO1)C(=O)C1CCCN(C(=O)c2cccc3ccccc23)C1. The second-order valence-electron chi connectivity index (χ2n) is 8.13. The number of ether oxygens (including phenoxy) is 1. The second kappa shape index (κ2) is 8.95. The van der Waals surface area contributed by atoms with Gasteiger partial charge in [0, 0.05) is 38.3 Å². The van der Waals surface area contributed by atoms with Gasteiger partial charge in [-0.3, -0.25) is 9.59 Å². The molecule has 0 spiro atoms. The minimum atomic E-state index is -0.121. The zero-order chi connectivity index (χ0) is 20.2. The summed E-state index contributed by atoms with van der Waals surface area (Å²) in [5.74, 6) is 0.0731. The Morgan fingerprint density at radius 2 is 1.93 bits per heavy atom. The third-order valence-corrected chi connectivity index (χ3v) is 6.22. The van der Waals surface area contributed by atoms with E-state index < -0.39 is 0 Å². The number of hydrogen-bond acceptors (Lipinski definition) is 3. The summed E-state index contributed by atoms with van der Waals surface area (Å²) in [6, 6.07) is 13.8. The zero-order valence-corrected chi connectivity index (χ0v) is 17.2. The van der Waals surface area contributed by atoms with Gasteiger partial charge in [0.2, 0.25) is 5.91 Å². The van der Waals surface area contributed by atoms with Crippen LogP contribution in [0.25, 0.3) is 10.8 Å². The monoisotopic (exact) mass is 394 g/mol. The molecule has 2 aliphatic rings. The first-order valence-corrected chi connectivity index (χ1v) is 10.8. The van der Waals surface area contributed by atoms with Crippen molar-refractivity contribution in [3.8, 4) is 0 Å². The maximum absolute atomic E-state index is 13.3. The Balaban J connectivity index is 1.47. The number of benzene rings is 2. The number of amides is 2. The molecule has 2 aromatic rings. The van der Waals surface area contributed by atoms with E-state index in [1.165, 1.54) is 0 Å². The number of carbonyl (C=O) groups is 2. The van der Waals surface area contributed by atoms with Gasteiger partial charge in [-0.1, -0.05) is 36.4 Å². The van der Waals surface area contributed by atoms with Crippen LogP contribution in [-0.2, 0) is 9.53 Å². The van der Waals surface area contributed by atoms with Crippen LogP contribution >= 0.6 is 0 Å². The molecular formula is C24H30N2O3. The maximum atomic E-state index is 13.3. The third kappa shape index (κ3) is 4.30. The number of hydrogen-bond donors (Lipinski definition) is 0. The van der Waals surface area contributed by atoms with Crippen molar-refractivity contribution in [1.29, 1.82) is 0 Å². The largest absolute Gasteiger partial charge is 0.376 e. The fourth-order valence-electron chi connectivity index (χ4n) is 4.61. The predicted molar refractivity (Wildman–Crippen MR) is 114 cm³/mol. The average molecular weight is 395 g/mol.